The molecule has 0 aliphatic carbocycles. The van der Waals surface area contributed by atoms with Crippen molar-refractivity contribution in [3.63, 3.8) is 0 Å². The second kappa shape index (κ2) is 11.1. The van der Waals surface area contributed by atoms with Crippen LogP contribution in [-0.4, -0.2) is 26.7 Å². The summed E-state index contributed by atoms with van der Waals surface area (Å²) in [5.41, 5.74) is 2.05. The molecule has 0 aromatic heterocycles. The van der Waals surface area contributed by atoms with Crippen LogP contribution < -0.4 is 9.80 Å². The molecule has 0 saturated heterocycles. The second-order valence-electron chi connectivity index (χ2n) is 12.0. The molecule has 1 heterocycles. The topological polar surface area (TPSA) is 49.9 Å². The van der Waals surface area contributed by atoms with Crippen LogP contribution in [0.5, 0.6) is 0 Å². The van der Waals surface area contributed by atoms with E-state index in [9.17, 15) is 22.8 Å². The van der Waals surface area contributed by atoms with Crippen LogP contribution in [0.1, 0.15) is 55.9 Å². The standard InChI is InChI=1S/C32H37F3N2O3Si/c1-8-36-26-17-16-24(32(33,34)35)19-27(26)37(25-12-10-9-11-13-25)30(39)28(29(36)38)22-15-14-21(2)23(18-22)20-40-41(6,7)31(3,4)5/h9-19,28H,8,20H2,1-7H3. The minimum absolute atomic E-state index is 0.00455. The van der Waals surface area contributed by atoms with E-state index < -0.39 is 37.8 Å². The first-order chi connectivity index (χ1) is 19.1. The molecule has 0 radical (unpaired) electrons. The normalized spacial score (nSPS) is 16.6. The van der Waals surface area contributed by atoms with Gasteiger partial charge in [-0.15, -0.1) is 0 Å². The monoisotopic (exact) mass is 582 g/mol. The maximum Gasteiger partial charge on any atom is 0.416 e. The maximum atomic E-state index is 14.4. The number of halogens is 3. The van der Waals surface area contributed by atoms with Crippen LogP contribution in [-0.2, 0) is 26.8 Å². The zero-order valence-electron chi connectivity index (χ0n) is 24.6. The number of carbonyl (C=O) groups excluding carboxylic acids is 2. The van der Waals surface area contributed by atoms with E-state index >= 15 is 0 Å². The number of rotatable bonds is 6. The molecule has 0 spiro atoms. The summed E-state index contributed by atoms with van der Waals surface area (Å²) in [5, 5.41) is 0.00455. The van der Waals surface area contributed by atoms with Gasteiger partial charge >= 0.3 is 6.18 Å². The third kappa shape index (κ3) is 5.97. The number of amides is 2. The van der Waals surface area contributed by atoms with E-state index in [4.69, 9.17) is 4.43 Å². The number of nitrogens with zero attached hydrogens (tertiary/aromatic N) is 2. The molecule has 2 amide bonds. The third-order valence-corrected chi connectivity index (χ3v) is 12.7. The number of anilines is 3. The van der Waals surface area contributed by atoms with Crippen molar-refractivity contribution in [1.82, 2.24) is 0 Å². The van der Waals surface area contributed by atoms with Gasteiger partial charge in [0.05, 0.1) is 23.5 Å². The highest BCUT2D eigenvalue weighted by Crippen LogP contribution is 2.45. The highest BCUT2D eigenvalue weighted by atomic mass is 28.4. The number of para-hydroxylation sites is 1. The average Bonchev–Trinajstić information content (AvgIpc) is 2.98. The molecular formula is C32H37F3N2O3Si. The fraction of sp³-hybridized carbons (Fsp3) is 0.375. The van der Waals surface area contributed by atoms with Gasteiger partial charge in [-0.05, 0) is 79.0 Å². The highest BCUT2D eigenvalue weighted by molar-refractivity contribution is 6.74. The second-order valence-corrected chi connectivity index (χ2v) is 16.8. The summed E-state index contributed by atoms with van der Waals surface area (Å²) in [6.07, 6.45) is -4.62. The van der Waals surface area contributed by atoms with Gasteiger partial charge in [0, 0.05) is 12.2 Å². The van der Waals surface area contributed by atoms with Crippen molar-refractivity contribution in [3.8, 4) is 0 Å². The summed E-state index contributed by atoms with van der Waals surface area (Å²) >= 11 is 0. The summed E-state index contributed by atoms with van der Waals surface area (Å²) in [5.74, 6) is -2.36. The van der Waals surface area contributed by atoms with Gasteiger partial charge < -0.3 is 9.33 Å². The molecule has 1 unspecified atom stereocenters. The number of benzene rings is 3. The van der Waals surface area contributed by atoms with Crippen LogP contribution in [0.15, 0.2) is 66.7 Å². The Balaban J connectivity index is 1.86. The summed E-state index contributed by atoms with van der Waals surface area (Å²) in [6.45, 7) is 15.0. The summed E-state index contributed by atoms with van der Waals surface area (Å²) in [7, 11) is -2.08. The smallest absolute Gasteiger partial charge is 0.413 e. The van der Waals surface area contributed by atoms with Crippen molar-refractivity contribution in [3.05, 3.63) is 89.0 Å². The molecule has 0 saturated carbocycles. The molecule has 218 valence electrons. The quantitative estimate of drug-likeness (QED) is 0.217. The molecule has 1 aliphatic rings. The number of hydrogen-bond donors (Lipinski definition) is 0. The van der Waals surface area contributed by atoms with Gasteiger partial charge in [0.15, 0.2) is 8.32 Å². The van der Waals surface area contributed by atoms with Crippen molar-refractivity contribution >= 4 is 37.2 Å². The lowest BCUT2D eigenvalue weighted by molar-refractivity contribution is -0.137. The lowest BCUT2D eigenvalue weighted by Gasteiger charge is -2.36. The Kier molecular flexibility index (Phi) is 8.26. The molecule has 0 fully saturated rings. The van der Waals surface area contributed by atoms with E-state index in [0.29, 0.717) is 17.9 Å². The Labute approximate surface area is 241 Å². The first-order valence-corrected chi connectivity index (χ1v) is 16.6. The molecule has 1 atom stereocenters. The fourth-order valence-electron chi connectivity index (χ4n) is 4.69. The zero-order valence-corrected chi connectivity index (χ0v) is 25.6. The Morgan fingerprint density at radius 1 is 0.878 bits per heavy atom. The molecule has 0 N–H and O–H groups in total. The van der Waals surface area contributed by atoms with Crippen LogP contribution in [0, 0.1) is 6.92 Å². The average molecular weight is 583 g/mol. The van der Waals surface area contributed by atoms with Gasteiger partial charge in [0.1, 0.15) is 5.92 Å². The summed E-state index contributed by atoms with van der Waals surface area (Å²) in [4.78, 5) is 31.1. The molecule has 5 nitrogen and oxygen atoms in total. The highest BCUT2D eigenvalue weighted by Gasteiger charge is 2.43. The van der Waals surface area contributed by atoms with Crippen LogP contribution in [0.3, 0.4) is 0 Å². The molecule has 4 rings (SSSR count). The first kappa shape index (κ1) is 30.5. The maximum absolute atomic E-state index is 14.4. The zero-order chi connectivity index (χ0) is 30.3. The van der Waals surface area contributed by atoms with Crippen LogP contribution >= 0.6 is 0 Å². The predicted octanol–water partition coefficient (Wildman–Crippen LogP) is 8.35. The SMILES string of the molecule is CCN1C(=O)C(c2ccc(C)c(CO[Si](C)(C)C(C)(C)C)c2)C(=O)N(c2ccccc2)c2cc(C(F)(F)F)ccc21. The molecule has 41 heavy (non-hydrogen) atoms. The van der Waals surface area contributed by atoms with Crippen LogP contribution in [0.4, 0.5) is 30.2 Å². The molecule has 3 aromatic rings. The van der Waals surface area contributed by atoms with Gasteiger partial charge in [-0.1, -0.05) is 57.2 Å². The van der Waals surface area contributed by atoms with Gasteiger partial charge in [-0.2, -0.15) is 13.2 Å². The first-order valence-electron chi connectivity index (χ1n) is 13.7. The van der Waals surface area contributed by atoms with E-state index in [-0.39, 0.29) is 23.0 Å². The van der Waals surface area contributed by atoms with Crippen molar-refractivity contribution < 1.29 is 27.2 Å². The lowest BCUT2D eigenvalue weighted by Crippen LogP contribution is -2.40. The van der Waals surface area contributed by atoms with E-state index in [0.717, 1.165) is 23.3 Å². The molecule has 9 heteroatoms. The van der Waals surface area contributed by atoms with Crippen molar-refractivity contribution in [2.45, 2.75) is 71.5 Å². The Morgan fingerprint density at radius 3 is 2.12 bits per heavy atom. The van der Waals surface area contributed by atoms with Gasteiger partial charge in [0.25, 0.3) is 0 Å². The minimum atomic E-state index is -4.62. The van der Waals surface area contributed by atoms with Crippen molar-refractivity contribution in [1.29, 1.82) is 0 Å². The number of likely N-dealkylation sites (N-methyl/N-ethyl adjacent to an activating group) is 1. The molecule has 1 aliphatic heterocycles. The van der Waals surface area contributed by atoms with Gasteiger partial charge in [-0.3, -0.25) is 14.5 Å². The van der Waals surface area contributed by atoms with Crippen LogP contribution in [0.2, 0.25) is 18.1 Å². The van der Waals surface area contributed by atoms with Crippen molar-refractivity contribution in [2.75, 3.05) is 16.3 Å². The third-order valence-electron chi connectivity index (χ3n) is 8.25. The lowest BCUT2D eigenvalue weighted by atomic mass is 9.93. The molecule has 3 aromatic carbocycles. The number of aryl methyl sites for hydroxylation is 1. The van der Waals surface area contributed by atoms with E-state index in [1.54, 1.807) is 43.3 Å². The van der Waals surface area contributed by atoms with E-state index in [1.165, 1.54) is 15.9 Å². The predicted molar refractivity (Wildman–Crippen MR) is 159 cm³/mol. The van der Waals surface area contributed by atoms with E-state index in [2.05, 4.69) is 33.9 Å². The summed E-state index contributed by atoms with van der Waals surface area (Å²) < 4.78 is 47.9. The van der Waals surface area contributed by atoms with Gasteiger partial charge in [-0.25, -0.2) is 0 Å². The Hall–Kier alpha value is -3.43. The number of fused-ring (bicyclic) bond motifs is 1. The summed E-state index contributed by atoms with van der Waals surface area (Å²) in [6, 6.07) is 17.1. The number of carbonyl (C=O) groups is 2. The largest absolute Gasteiger partial charge is 0.416 e. The molecular weight excluding hydrogens is 545 g/mol. The fourth-order valence-corrected chi connectivity index (χ4v) is 5.64. The van der Waals surface area contributed by atoms with Crippen LogP contribution in [0.25, 0.3) is 0 Å². The number of alkyl halides is 3. The Bertz CT molecular complexity index is 1450. The van der Waals surface area contributed by atoms with Gasteiger partial charge in [0.2, 0.25) is 11.8 Å². The van der Waals surface area contributed by atoms with E-state index in [1.807, 2.05) is 19.1 Å². The minimum Gasteiger partial charge on any atom is -0.413 e. The molecule has 0 bridgehead atoms. The van der Waals surface area contributed by atoms with Crippen molar-refractivity contribution in [2.24, 2.45) is 0 Å². The number of hydrogen-bond acceptors (Lipinski definition) is 3. The Morgan fingerprint density at radius 2 is 1.54 bits per heavy atom.